The van der Waals surface area contributed by atoms with Crippen LogP contribution in [0, 0.1) is 17.1 Å². The molecule has 3 rings (SSSR count). The van der Waals surface area contributed by atoms with Gasteiger partial charge in [-0.2, -0.15) is 5.26 Å². The number of furan rings is 1. The maximum atomic E-state index is 13.4. The van der Waals surface area contributed by atoms with Crippen LogP contribution in [0.4, 0.5) is 14.9 Å². The fraction of sp³-hybridized carbons (Fsp3) is 0.296. The minimum absolute atomic E-state index is 0.170. The first-order chi connectivity index (χ1) is 17.5. The van der Waals surface area contributed by atoms with Crippen molar-refractivity contribution in [3.63, 3.8) is 0 Å². The molecule has 1 aromatic heterocycles. The highest BCUT2D eigenvalue weighted by molar-refractivity contribution is 5.92. The van der Waals surface area contributed by atoms with E-state index in [0.717, 1.165) is 5.56 Å². The topological polar surface area (TPSA) is 98.8 Å². The summed E-state index contributed by atoms with van der Waals surface area (Å²) >= 11 is 0. The summed E-state index contributed by atoms with van der Waals surface area (Å²) in [6.07, 6.45) is 2.08. The van der Waals surface area contributed by atoms with Crippen LogP contribution in [-0.4, -0.2) is 48.0 Å². The third-order valence-electron chi connectivity index (χ3n) is 5.37. The van der Waals surface area contributed by atoms with Gasteiger partial charge in [0, 0.05) is 32.0 Å². The zero-order valence-corrected chi connectivity index (χ0v) is 20.2. The van der Waals surface area contributed by atoms with Gasteiger partial charge in [0.15, 0.2) is 0 Å². The average molecular weight is 493 g/mol. The molecule has 0 aliphatic rings. The van der Waals surface area contributed by atoms with Crippen LogP contribution in [0.2, 0.25) is 0 Å². The molecule has 1 N–H and O–H groups in total. The number of ether oxygens (including phenoxy) is 1. The van der Waals surface area contributed by atoms with Gasteiger partial charge in [-0.25, -0.2) is 9.18 Å². The molecule has 0 spiro atoms. The van der Waals surface area contributed by atoms with Crippen LogP contribution >= 0.6 is 0 Å². The van der Waals surface area contributed by atoms with Gasteiger partial charge in [0.2, 0.25) is 5.91 Å². The Morgan fingerprint density at radius 1 is 1.06 bits per heavy atom. The SMILES string of the molecule is CCOCCCN(CC(=O)N(Cc1ccc(F)cc1)Cc1ccco1)C(=O)Nc1ccc(C#N)cc1. The molecule has 0 saturated carbocycles. The van der Waals surface area contributed by atoms with Crippen molar-refractivity contribution >= 4 is 17.6 Å². The van der Waals surface area contributed by atoms with Crippen molar-refractivity contribution in [3.8, 4) is 6.07 Å². The van der Waals surface area contributed by atoms with E-state index >= 15 is 0 Å². The number of anilines is 1. The summed E-state index contributed by atoms with van der Waals surface area (Å²) in [7, 11) is 0. The van der Waals surface area contributed by atoms with Crippen LogP contribution in [0.15, 0.2) is 71.3 Å². The Balaban J connectivity index is 1.74. The highest BCUT2D eigenvalue weighted by Crippen LogP contribution is 2.14. The number of carbonyl (C=O) groups is 2. The molecule has 188 valence electrons. The molecule has 2 aromatic carbocycles. The van der Waals surface area contributed by atoms with Gasteiger partial charge >= 0.3 is 6.03 Å². The van der Waals surface area contributed by atoms with E-state index in [1.807, 2.05) is 13.0 Å². The lowest BCUT2D eigenvalue weighted by molar-refractivity contribution is -0.133. The Bertz CT molecular complexity index is 1140. The lowest BCUT2D eigenvalue weighted by Gasteiger charge is -2.27. The predicted octanol–water partition coefficient (Wildman–Crippen LogP) is 4.78. The molecule has 0 radical (unpaired) electrons. The number of rotatable bonds is 12. The largest absolute Gasteiger partial charge is 0.467 e. The first-order valence-electron chi connectivity index (χ1n) is 11.7. The van der Waals surface area contributed by atoms with Gasteiger partial charge in [0.05, 0.1) is 24.4 Å². The number of halogens is 1. The van der Waals surface area contributed by atoms with Gasteiger partial charge in [-0.05, 0) is 67.4 Å². The maximum absolute atomic E-state index is 13.4. The van der Waals surface area contributed by atoms with Crippen LogP contribution in [-0.2, 0) is 22.6 Å². The summed E-state index contributed by atoms with van der Waals surface area (Å²) in [6.45, 7) is 3.47. The minimum Gasteiger partial charge on any atom is -0.467 e. The van der Waals surface area contributed by atoms with Crippen LogP contribution in [0.3, 0.4) is 0 Å². The van der Waals surface area contributed by atoms with Gasteiger partial charge in [-0.1, -0.05) is 12.1 Å². The summed E-state index contributed by atoms with van der Waals surface area (Å²) in [5.74, 6) is -0.0555. The van der Waals surface area contributed by atoms with E-state index in [4.69, 9.17) is 14.4 Å². The molecule has 36 heavy (non-hydrogen) atoms. The van der Waals surface area contributed by atoms with Crippen molar-refractivity contribution < 1.29 is 23.1 Å². The lowest BCUT2D eigenvalue weighted by atomic mass is 10.2. The van der Waals surface area contributed by atoms with Crippen molar-refractivity contribution in [2.45, 2.75) is 26.4 Å². The number of hydrogen-bond acceptors (Lipinski definition) is 5. The molecule has 0 bridgehead atoms. The van der Waals surface area contributed by atoms with E-state index in [0.29, 0.717) is 43.2 Å². The van der Waals surface area contributed by atoms with Crippen LogP contribution in [0.25, 0.3) is 0 Å². The van der Waals surface area contributed by atoms with Gasteiger partial charge in [0.1, 0.15) is 18.1 Å². The fourth-order valence-electron chi connectivity index (χ4n) is 3.48. The number of nitrogens with zero attached hydrogens (tertiary/aromatic N) is 3. The molecular formula is C27H29FN4O4. The smallest absolute Gasteiger partial charge is 0.322 e. The van der Waals surface area contributed by atoms with E-state index in [9.17, 15) is 14.0 Å². The lowest BCUT2D eigenvalue weighted by Crippen LogP contribution is -2.44. The molecule has 0 atom stereocenters. The number of hydrogen-bond donors (Lipinski definition) is 1. The first kappa shape index (κ1) is 26.4. The second kappa shape index (κ2) is 13.7. The Morgan fingerprint density at radius 3 is 2.44 bits per heavy atom. The summed E-state index contributed by atoms with van der Waals surface area (Å²) < 4.78 is 24.2. The summed E-state index contributed by atoms with van der Waals surface area (Å²) in [5, 5.41) is 11.8. The van der Waals surface area contributed by atoms with Crippen molar-refractivity contribution in [2.75, 3.05) is 31.6 Å². The van der Waals surface area contributed by atoms with E-state index < -0.39 is 6.03 Å². The van der Waals surface area contributed by atoms with Gasteiger partial charge < -0.3 is 24.3 Å². The molecular weight excluding hydrogens is 463 g/mol. The number of nitriles is 1. The molecule has 1 heterocycles. The standard InChI is InChI=1S/C27H29FN4O4/c1-2-35-15-4-14-31(27(34)30-24-12-8-21(17-29)9-13-24)20-26(33)32(19-25-5-3-16-36-25)18-22-6-10-23(28)11-7-22/h3,5-13,16H,2,4,14-15,18-20H2,1H3,(H,30,34). The molecule has 0 aliphatic heterocycles. The second-order valence-corrected chi connectivity index (χ2v) is 8.05. The molecule has 8 nitrogen and oxygen atoms in total. The highest BCUT2D eigenvalue weighted by Gasteiger charge is 2.22. The second-order valence-electron chi connectivity index (χ2n) is 8.05. The van der Waals surface area contributed by atoms with E-state index in [2.05, 4.69) is 5.32 Å². The van der Waals surface area contributed by atoms with Gasteiger partial charge in [-0.15, -0.1) is 0 Å². The number of carbonyl (C=O) groups excluding carboxylic acids is 2. The normalized spacial score (nSPS) is 10.5. The van der Waals surface area contributed by atoms with Crippen molar-refractivity contribution in [3.05, 3.63) is 89.6 Å². The molecule has 9 heteroatoms. The van der Waals surface area contributed by atoms with E-state index in [-0.39, 0.29) is 31.4 Å². The molecule has 0 fully saturated rings. The van der Waals surface area contributed by atoms with Gasteiger partial charge in [-0.3, -0.25) is 4.79 Å². The van der Waals surface area contributed by atoms with E-state index in [1.165, 1.54) is 23.3 Å². The quantitative estimate of drug-likeness (QED) is 0.367. The summed E-state index contributed by atoms with van der Waals surface area (Å²) in [6, 6.07) is 17.5. The molecule has 0 unspecified atom stereocenters. The zero-order valence-electron chi connectivity index (χ0n) is 20.2. The molecule has 0 aliphatic carbocycles. The highest BCUT2D eigenvalue weighted by atomic mass is 19.1. The number of urea groups is 1. The maximum Gasteiger partial charge on any atom is 0.322 e. The monoisotopic (exact) mass is 492 g/mol. The minimum atomic E-state index is -0.440. The van der Waals surface area contributed by atoms with Gasteiger partial charge in [0.25, 0.3) is 0 Å². The number of nitrogens with one attached hydrogen (secondary N) is 1. The number of amides is 3. The Hall–Kier alpha value is -4.16. The van der Waals surface area contributed by atoms with Crippen LogP contribution < -0.4 is 5.32 Å². The fourth-order valence-corrected chi connectivity index (χ4v) is 3.48. The van der Waals surface area contributed by atoms with Crippen LogP contribution in [0.1, 0.15) is 30.2 Å². The molecule has 3 aromatic rings. The molecule has 3 amide bonds. The van der Waals surface area contributed by atoms with Crippen molar-refractivity contribution in [2.24, 2.45) is 0 Å². The van der Waals surface area contributed by atoms with E-state index in [1.54, 1.807) is 53.4 Å². The first-order valence-corrected chi connectivity index (χ1v) is 11.7. The van der Waals surface area contributed by atoms with Crippen molar-refractivity contribution in [1.82, 2.24) is 9.80 Å². The Kier molecular flexibility index (Phi) is 10.0. The summed E-state index contributed by atoms with van der Waals surface area (Å²) in [5.41, 5.74) is 1.74. The predicted molar refractivity (Wildman–Crippen MR) is 132 cm³/mol. The third-order valence-corrected chi connectivity index (χ3v) is 5.37. The third kappa shape index (κ3) is 8.25. The molecule has 0 saturated heterocycles. The van der Waals surface area contributed by atoms with Crippen LogP contribution in [0.5, 0.6) is 0 Å². The van der Waals surface area contributed by atoms with Crippen molar-refractivity contribution in [1.29, 1.82) is 5.26 Å². The zero-order chi connectivity index (χ0) is 25.8. The summed E-state index contributed by atoms with van der Waals surface area (Å²) in [4.78, 5) is 29.5. The Morgan fingerprint density at radius 2 is 1.81 bits per heavy atom. The Labute approximate surface area is 209 Å². The average Bonchev–Trinajstić information content (AvgIpc) is 3.40. The number of benzene rings is 2.